The van der Waals surface area contributed by atoms with Gasteiger partial charge in [-0.3, -0.25) is 9.59 Å². The molecule has 3 aromatic carbocycles. The van der Waals surface area contributed by atoms with Crippen LogP contribution in [0.25, 0.3) is 0 Å². The maximum absolute atomic E-state index is 14.0. The van der Waals surface area contributed by atoms with Crippen molar-refractivity contribution in [2.75, 3.05) is 23.4 Å². The zero-order valence-corrected chi connectivity index (χ0v) is 16.7. The van der Waals surface area contributed by atoms with Crippen molar-refractivity contribution in [2.24, 2.45) is 0 Å². The van der Waals surface area contributed by atoms with Crippen molar-refractivity contribution in [1.82, 2.24) is 0 Å². The zero-order chi connectivity index (χ0) is 21.6. The number of anilines is 2. The van der Waals surface area contributed by atoms with Crippen molar-refractivity contribution >= 4 is 23.2 Å². The fourth-order valence-electron chi connectivity index (χ4n) is 3.25. The van der Waals surface area contributed by atoms with E-state index in [0.717, 1.165) is 0 Å². The van der Waals surface area contributed by atoms with E-state index in [1.54, 1.807) is 36.4 Å². The molecule has 0 fully saturated rings. The smallest absolute Gasteiger partial charge is 0.265 e. The average Bonchev–Trinajstić information content (AvgIpc) is 2.78. The van der Waals surface area contributed by atoms with Gasteiger partial charge in [0.05, 0.1) is 25.3 Å². The molecule has 4 rings (SSSR count). The summed E-state index contributed by atoms with van der Waals surface area (Å²) in [6.07, 6.45) is 0.185. The maximum atomic E-state index is 14.0. The predicted octanol–water partition coefficient (Wildman–Crippen LogP) is 4.16. The van der Waals surface area contributed by atoms with E-state index >= 15 is 0 Å². The topological polar surface area (TPSA) is 67.9 Å². The van der Waals surface area contributed by atoms with Crippen molar-refractivity contribution < 1.29 is 23.5 Å². The third kappa shape index (κ3) is 5.01. The summed E-state index contributed by atoms with van der Waals surface area (Å²) < 4.78 is 25.1. The highest BCUT2D eigenvalue weighted by Crippen LogP contribution is 2.35. The summed E-state index contributed by atoms with van der Waals surface area (Å²) in [5.41, 5.74) is 1.49. The van der Waals surface area contributed by atoms with Gasteiger partial charge in [0, 0.05) is 17.3 Å². The lowest BCUT2D eigenvalue weighted by Gasteiger charge is -2.30. The number of fused-ring (bicyclic) bond motifs is 1. The summed E-state index contributed by atoms with van der Waals surface area (Å²) in [7, 11) is 0. The Hall–Kier alpha value is -3.87. The lowest BCUT2D eigenvalue weighted by molar-refractivity contribution is -0.121. The molecule has 0 aromatic heterocycles. The molecule has 1 N–H and O–H groups in total. The van der Waals surface area contributed by atoms with Gasteiger partial charge in [-0.25, -0.2) is 4.39 Å². The highest BCUT2D eigenvalue weighted by Gasteiger charge is 2.26. The van der Waals surface area contributed by atoms with Crippen LogP contribution >= 0.6 is 0 Å². The van der Waals surface area contributed by atoms with Crippen LogP contribution in [0, 0.1) is 5.82 Å². The molecule has 7 heteroatoms. The first-order chi connectivity index (χ1) is 15.1. The zero-order valence-electron chi connectivity index (χ0n) is 16.7. The minimum Gasteiger partial charge on any atom is -0.493 e. The number of hydrogen-bond donors (Lipinski definition) is 1. The number of nitrogens with one attached hydrogen (secondary N) is 1. The van der Waals surface area contributed by atoms with Crippen LogP contribution in [-0.2, 0) is 16.1 Å². The molecule has 0 saturated carbocycles. The Balaban J connectivity index is 1.40. The molecule has 1 heterocycles. The van der Waals surface area contributed by atoms with Crippen LogP contribution < -0.4 is 19.7 Å². The van der Waals surface area contributed by atoms with Gasteiger partial charge in [0.15, 0.2) is 6.61 Å². The second-order valence-electron chi connectivity index (χ2n) is 7.00. The molecular formula is C24H21FN2O4. The summed E-state index contributed by atoms with van der Waals surface area (Å²) >= 11 is 0. The van der Waals surface area contributed by atoms with Gasteiger partial charge in [-0.1, -0.05) is 36.4 Å². The Kier molecular flexibility index (Phi) is 6.12. The van der Waals surface area contributed by atoms with Crippen molar-refractivity contribution in [3.8, 4) is 11.5 Å². The van der Waals surface area contributed by atoms with E-state index in [2.05, 4.69) is 5.32 Å². The number of ether oxygens (including phenoxy) is 2. The Morgan fingerprint density at radius 2 is 1.84 bits per heavy atom. The summed E-state index contributed by atoms with van der Waals surface area (Å²) in [5, 5.41) is 2.80. The molecule has 0 saturated heterocycles. The molecule has 0 unspecified atom stereocenters. The van der Waals surface area contributed by atoms with Gasteiger partial charge in [-0.05, 0) is 30.3 Å². The molecular weight excluding hydrogens is 399 g/mol. The number of hydrogen-bond acceptors (Lipinski definition) is 4. The third-order valence-corrected chi connectivity index (χ3v) is 4.81. The number of halogens is 1. The first-order valence-corrected chi connectivity index (χ1v) is 9.88. The molecule has 0 atom stereocenters. The van der Waals surface area contributed by atoms with Crippen LogP contribution in [-0.4, -0.2) is 25.0 Å². The summed E-state index contributed by atoms with van der Waals surface area (Å²) in [5.74, 6) is 0.327. The van der Waals surface area contributed by atoms with E-state index in [9.17, 15) is 14.0 Å². The Bertz CT molecular complexity index is 1090. The number of nitrogens with zero attached hydrogens (tertiary/aromatic N) is 1. The Labute approximate surface area is 179 Å². The lowest BCUT2D eigenvalue weighted by Crippen LogP contribution is -2.38. The standard InChI is InChI=1S/C24H21FN2O4/c25-20-9-5-4-6-17(20)15-27-21-11-10-18(14-22(21)31-16-24(27)29)26-23(28)12-13-30-19-7-2-1-3-8-19/h1-11,14H,12-13,15-16H2,(H,26,28). The van der Waals surface area contributed by atoms with Crippen LogP contribution in [0.3, 0.4) is 0 Å². The summed E-state index contributed by atoms with van der Waals surface area (Å²) in [6.45, 7) is 0.205. The molecule has 31 heavy (non-hydrogen) atoms. The van der Waals surface area contributed by atoms with Gasteiger partial charge in [-0.15, -0.1) is 0 Å². The molecule has 1 aliphatic heterocycles. The molecule has 158 valence electrons. The third-order valence-electron chi connectivity index (χ3n) is 4.81. The minimum atomic E-state index is -0.370. The molecule has 1 aliphatic rings. The molecule has 0 spiro atoms. The first-order valence-electron chi connectivity index (χ1n) is 9.88. The van der Waals surface area contributed by atoms with Crippen molar-refractivity contribution in [3.63, 3.8) is 0 Å². The predicted molar refractivity (Wildman–Crippen MR) is 115 cm³/mol. The highest BCUT2D eigenvalue weighted by molar-refractivity contribution is 5.99. The van der Waals surface area contributed by atoms with E-state index in [4.69, 9.17) is 9.47 Å². The number of benzene rings is 3. The number of carbonyl (C=O) groups excluding carboxylic acids is 2. The first kappa shape index (κ1) is 20.4. The number of para-hydroxylation sites is 1. The Morgan fingerprint density at radius 3 is 2.65 bits per heavy atom. The molecule has 0 bridgehead atoms. The fraction of sp³-hybridized carbons (Fsp3) is 0.167. The van der Waals surface area contributed by atoms with Gasteiger partial charge in [0.2, 0.25) is 5.91 Å². The molecule has 6 nitrogen and oxygen atoms in total. The van der Waals surface area contributed by atoms with Crippen LogP contribution in [0.15, 0.2) is 72.8 Å². The fourth-order valence-corrected chi connectivity index (χ4v) is 3.25. The molecule has 2 amide bonds. The monoisotopic (exact) mass is 420 g/mol. The second kappa shape index (κ2) is 9.30. The van der Waals surface area contributed by atoms with Crippen LogP contribution in [0.2, 0.25) is 0 Å². The van der Waals surface area contributed by atoms with E-state index in [-0.39, 0.29) is 43.8 Å². The van der Waals surface area contributed by atoms with Crippen molar-refractivity contribution in [2.45, 2.75) is 13.0 Å². The quantitative estimate of drug-likeness (QED) is 0.623. The number of amides is 2. The van der Waals surface area contributed by atoms with E-state index in [1.807, 2.05) is 30.3 Å². The van der Waals surface area contributed by atoms with Crippen LogP contribution in [0.4, 0.5) is 15.8 Å². The van der Waals surface area contributed by atoms with Crippen LogP contribution in [0.5, 0.6) is 11.5 Å². The number of rotatable bonds is 7. The van der Waals surface area contributed by atoms with Gasteiger partial charge in [0.1, 0.15) is 17.3 Å². The van der Waals surface area contributed by atoms with Gasteiger partial charge in [-0.2, -0.15) is 0 Å². The van der Waals surface area contributed by atoms with Gasteiger partial charge >= 0.3 is 0 Å². The Morgan fingerprint density at radius 1 is 1.06 bits per heavy atom. The van der Waals surface area contributed by atoms with E-state index in [0.29, 0.717) is 28.4 Å². The highest BCUT2D eigenvalue weighted by atomic mass is 19.1. The van der Waals surface area contributed by atoms with Crippen molar-refractivity contribution in [3.05, 3.63) is 84.2 Å². The van der Waals surface area contributed by atoms with Gasteiger partial charge in [0.25, 0.3) is 5.91 Å². The normalized spacial score (nSPS) is 12.7. The van der Waals surface area contributed by atoms with E-state index < -0.39 is 0 Å². The number of carbonyl (C=O) groups is 2. The summed E-state index contributed by atoms with van der Waals surface area (Å²) in [4.78, 5) is 26.1. The SMILES string of the molecule is O=C(CCOc1ccccc1)Nc1ccc2c(c1)OCC(=O)N2Cc1ccccc1F. The molecule has 0 aliphatic carbocycles. The molecule has 3 aromatic rings. The van der Waals surface area contributed by atoms with Crippen molar-refractivity contribution in [1.29, 1.82) is 0 Å². The lowest BCUT2D eigenvalue weighted by atomic mass is 10.1. The second-order valence-corrected chi connectivity index (χ2v) is 7.00. The maximum Gasteiger partial charge on any atom is 0.265 e. The molecule has 0 radical (unpaired) electrons. The van der Waals surface area contributed by atoms with E-state index in [1.165, 1.54) is 11.0 Å². The van der Waals surface area contributed by atoms with Gasteiger partial charge < -0.3 is 19.7 Å². The van der Waals surface area contributed by atoms with Crippen LogP contribution in [0.1, 0.15) is 12.0 Å². The summed E-state index contributed by atoms with van der Waals surface area (Å²) in [6, 6.07) is 20.6. The average molecular weight is 420 g/mol. The largest absolute Gasteiger partial charge is 0.493 e. The minimum absolute atomic E-state index is 0.102.